The van der Waals surface area contributed by atoms with Gasteiger partial charge in [-0.25, -0.2) is 0 Å². The Morgan fingerprint density at radius 2 is 2.20 bits per heavy atom. The van der Waals surface area contributed by atoms with Crippen LogP contribution in [0.15, 0.2) is 16.8 Å². The molecule has 1 aliphatic heterocycles. The summed E-state index contributed by atoms with van der Waals surface area (Å²) in [5.74, 6) is 3.34. The SMILES string of the molecule is OC(Cc1ccsc1)CC1CCSCC1. The molecule has 2 rings (SSSR count). The van der Waals surface area contributed by atoms with Crippen molar-refractivity contribution in [1.82, 2.24) is 0 Å². The van der Waals surface area contributed by atoms with Crippen molar-refractivity contribution in [3.63, 3.8) is 0 Å². The molecule has 0 radical (unpaired) electrons. The van der Waals surface area contributed by atoms with E-state index < -0.39 is 0 Å². The monoisotopic (exact) mass is 242 g/mol. The van der Waals surface area contributed by atoms with Crippen LogP contribution in [0.3, 0.4) is 0 Å². The molecular formula is C12H18OS2. The Hall–Kier alpha value is 0.01000. The number of hydrogen-bond acceptors (Lipinski definition) is 3. The van der Waals surface area contributed by atoms with E-state index in [1.165, 1.54) is 29.9 Å². The van der Waals surface area contributed by atoms with Gasteiger partial charge in [0.15, 0.2) is 0 Å². The summed E-state index contributed by atoms with van der Waals surface area (Å²) in [5, 5.41) is 14.2. The molecule has 0 spiro atoms. The first kappa shape index (κ1) is 11.5. The fourth-order valence-corrected chi connectivity index (χ4v) is 4.02. The van der Waals surface area contributed by atoms with Crippen LogP contribution >= 0.6 is 23.1 Å². The third-order valence-electron chi connectivity index (χ3n) is 3.00. The van der Waals surface area contributed by atoms with Gasteiger partial charge in [-0.3, -0.25) is 0 Å². The molecule has 0 amide bonds. The van der Waals surface area contributed by atoms with Crippen molar-refractivity contribution in [2.24, 2.45) is 5.92 Å². The van der Waals surface area contributed by atoms with E-state index in [2.05, 4.69) is 28.6 Å². The minimum atomic E-state index is -0.132. The molecule has 0 aliphatic carbocycles. The van der Waals surface area contributed by atoms with Crippen molar-refractivity contribution in [3.05, 3.63) is 22.4 Å². The summed E-state index contributed by atoms with van der Waals surface area (Å²) in [7, 11) is 0. The summed E-state index contributed by atoms with van der Waals surface area (Å²) in [6, 6.07) is 2.12. The van der Waals surface area contributed by atoms with Crippen molar-refractivity contribution < 1.29 is 5.11 Å². The molecular weight excluding hydrogens is 224 g/mol. The van der Waals surface area contributed by atoms with Gasteiger partial charge in [0.1, 0.15) is 0 Å². The van der Waals surface area contributed by atoms with Crippen LogP contribution in [0, 0.1) is 5.92 Å². The Kier molecular flexibility index (Phi) is 4.54. The summed E-state index contributed by atoms with van der Waals surface area (Å²) in [4.78, 5) is 0. The van der Waals surface area contributed by atoms with E-state index in [4.69, 9.17) is 0 Å². The van der Waals surface area contributed by atoms with Gasteiger partial charge in [0.25, 0.3) is 0 Å². The van der Waals surface area contributed by atoms with E-state index in [1.54, 1.807) is 11.3 Å². The Bertz CT molecular complexity index is 265. The number of thioether (sulfide) groups is 1. The predicted molar refractivity (Wildman–Crippen MR) is 68.7 cm³/mol. The lowest BCUT2D eigenvalue weighted by Gasteiger charge is -2.23. The van der Waals surface area contributed by atoms with E-state index in [-0.39, 0.29) is 6.10 Å². The second-order valence-electron chi connectivity index (χ2n) is 4.28. The standard InChI is InChI=1S/C12H18OS2/c13-12(8-11-3-6-15-9-11)7-10-1-4-14-5-2-10/h3,6,9-10,12-13H,1-2,4-5,7-8H2. The van der Waals surface area contributed by atoms with Gasteiger partial charge < -0.3 is 5.11 Å². The Labute approximate surface area is 99.9 Å². The second-order valence-corrected chi connectivity index (χ2v) is 6.29. The minimum absolute atomic E-state index is 0.132. The summed E-state index contributed by atoms with van der Waals surface area (Å²) in [6.07, 6.45) is 4.30. The molecule has 15 heavy (non-hydrogen) atoms. The largest absolute Gasteiger partial charge is 0.393 e. The van der Waals surface area contributed by atoms with Crippen LogP contribution < -0.4 is 0 Å². The zero-order valence-electron chi connectivity index (χ0n) is 8.89. The molecule has 1 atom stereocenters. The molecule has 1 fully saturated rings. The van der Waals surface area contributed by atoms with Gasteiger partial charge in [-0.15, -0.1) is 0 Å². The molecule has 0 aromatic carbocycles. The normalized spacial score (nSPS) is 20.3. The fourth-order valence-electron chi connectivity index (χ4n) is 2.13. The Balaban J connectivity index is 1.74. The van der Waals surface area contributed by atoms with Gasteiger partial charge >= 0.3 is 0 Å². The molecule has 1 nitrogen and oxygen atoms in total. The van der Waals surface area contributed by atoms with Gasteiger partial charge in [-0.05, 0) is 65.5 Å². The van der Waals surface area contributed by atoms with Crippen LogP contribution in [0.25, 0.3) is 0 Å². The van der Waals surface area contributed by atoms with Crippen molar-refractivity contribution in [2.45, 2.75) is 31.8 Å². The molecule has 3 heteroatoms. The molecule has 1 unspecified atom stereocenters. The summed E-state index contributed by atoms with van der Waals surface area (Å²) >= 11 is 3.76. The number of thiophene rings is 1. The van der Waals surface area contributed by atoms with Crippen molar-refractivity contribution >= 4 is 23.1 Å². The predicted octanol–water partition coefficient (Wildman–Crippen LogP) is 3.18. The van der Waals surface area contributed by atoms with Gasteiger partial charge in [0.2, 0.25) is 0 Å². The molecule has 1 N–H and O–H groups in total. The average Bonchev–Trinajstić information content (AvgIpc) is 2.71. The Morgan fingerprint density at radius 3 is 2.87 bits per heavy atom. The van der Waals surface area contributed by atoms with Gasteiger partial charge in [0, 0.05) is 0 Å². The molecule has 1 aromatic heterocycles. The van der Waals surface area contributed by atoms with Crippen molar-refractivity contribution in [3.8, 4) is 0 Å². The van der Waals surface area contributed by atoms with E-state index in [1.807, 2.05) is 0 Å². The summed E-state index contributed by atoms with van der Waals surface area (Å²) < 4.78 is 0. The molecule has 0 bridgehead atoms. The molecule has 1 aliphatic rings. The summed E-state index contributed by atoms with van der Waals surface area (Å²) in [6.45, 7) is 0. The van der Waals surface area contributed by atoms with Gasteiger partial charge in [0.05, 0.1) is 6.10 Å². The van der Waals surface area contributed by atoms with Crippen molar-refractivity contribution in [2.75, 3.05) is 11.5 Å². The maximum atomic E-state index is 9.97. The lowest BCUT2D eigenvalue weighted by Crippen LogP contribution is -2.19. The van der Waals surface area contributed by atoms with Crippen LogP contribution in [-0.2, 0) is 6.42 Å². The molecule has 2 heterocycles. The average molecular weight is 242 g/mol. The van der Waals surface area contributed by atoms with Gasteiger partial charge in [-0.1, -0.05) is 0 Å². The fraction of sp³-hybridized carbons (Fsp3) is 0.667. The van der Waals surface area contributed by atoms with E-state index >= 15 is 0 Å². The van der Waals surface area contributed by atoms with Crippen LogP contribution in [0.5, 0.6) is 0 Å². The minimum Gasteiger partial charge on any atom is -0.393 e. The van der Waals surface area contributed by atoms with Crippen LogP contribution in [0.4, 0.5) is 0 Å². The first-order valence-corrected chi connectivity index (χ1v) is 7.71. The third-order valence-corrected chi connectivity index (χ3v) is 4.78. The molecule has 1 saturated heterocycles. The number of aliphatic hydroxyl groups is 1. The maximum absolute atomic E-state index is 9.97. The number of hydrogen-bond donors (Lipinski definition) is 1. The highest BCUT2D eigenvalue weighted by atomic mass is 32.2. The van der Waals surface area contributed by atoms with Crippen LogP contribution in [0.2, 0.25) is 0 Å². The first-order chi connectivity index (χ1) is 7.34. The highest BCUT2D eigenvalue weighted by Gasteiger charge is 2.17. The maximum Gasteiger partial charge on any atom is 0.0583 e. The van der Waals surface area contributed by atoms with E-state index in [0.29, 0.717) is 0 Å². The van der Waals surface area contributed by atoms with E-state index in [9.17, 15) is 5.11 Å². The topological polar surface area (TPSA) is 20.2 Å². The molecule has 84 valence electrons. The Morgan fingerprint density at radius 1 is 1.40 bits per heavy atom. The van der Waals surface area contributed by atoms with Crippen LogP contribution in [0.1, 0.15) is 24.8 Å². The quantitative estimate of drug-likeness (QED) is 0.875. The first-order valence-electron chi connectivity index (χ1n) is 5.61. The van der Waals surface area contributed by atoms with E-state index in [0.717, 1.165) is 18.8 Å². The third kappa shape index (κ3) is 3.82. The molecule has 1 aromatic rings. The van der Waals surface area contributed by atoms with Crippen LogP contribution in [-0.4, -0.2) is 22.7 Å². The number of aliphatic hydroxyl groups excluding tert-OH is 1. The molecule has 0 saturated carbocycles. The zero-order valence-corrected chi connectivity index (χ0v) is 10.5. The zero-order chi connectivity index (χ0) is 10.5. The summed E-state index contributed by atoms with van der Waals surface area (Å²) in [5.41, 5.74) is 1.29. The highest BCUT2D eigenvalue weighted by Crippen LogP contribution is 2.27. The van der Waals surface area contributed by atoms with Gasteiger partial charge in [-0.2, -0.15) is 23.1 Å². The smallest absolute Gasteiger partial charge is 0.0583 e. The lowest BCUT2D eigenvalue weighted by atomic mass is 9.93. The second kappa shape index (κ2) is 5.92. The highest BCUT2D eigenvalue weighted by molar-refractivity contribution is 7.99. The number of rotatable bonds is 4. The lowest BCUT2D eigenvalue weighted by molar-refractivity contribution is 0.139. The van der Waals surface area contributed by atoms with Crippen molar-refractivity contribution in [1.29, 1.82) is 0 Å².